The predicted molar refractivity (Wildman–Crippen MR) is 88.1 cm³/mol. The number of hydrogen-bond donors (Lipinski definition) is 2. The number of aliphatic hydroxyl groups excluding tert-OH is 1. The van der Waals surface area contributed by atoms with Gasteiger partial charge in [0.15, 0.2) is 11.6 Å². The highest BCUT2D eigenvalue weighted by molar-refractivity contribution is 7.89. The fourth-order valence-electron chi connectivity index (χ4n) is 2.77. The summed E-state index contributed by atoms with van der Waals surface area (Å²) in [5.41, 5.74) is 0.151. The number of hydrogen-bond acceptors (Lipinski definition) is 4. The number of amides is 1. The number of halogens is 2. The van der Waals surface area contributed by atoms with Crippen LogP contribution in [0.4, 0.5) is 8.78 Å². The lowest BCUT2D eigenvalue weighted by atomic mass is 9.98. The van der Waals surface area contributed by atoms with E-state index in [2.05, 4.69) is 5.32 Å². The zero-order chi connectivity index (χ0) is 18.6. The molecule has 6 nitrogen and oxygen atoms in total. The van der Waals surface area contributed by atoms with Gasteiger partial charge in [0.25, 0.3) is 0 Å². The first kappa shape index (κ1) is 19.7. The smallest absolute Gasteiger partial charge is 0.224 e. The molecular formula is C16H22F2N2O4S. The third-order valence-corrected chi connectivity index (χ3v) is 6.16. The van der Waals surface area contributed by atoms with Gasteiger partial charge in [-0.15, -0.1) is 0 Å². The zero-order valence-electron chi connectivity index (χ0n) is 13.9. The molecule has 0 spiro atoms. The van der Waals surface area contributed by atoms with Crippen LogP contribution >= 0.6 is 0 Å². The number of rotatable bonds is 6. The first-order valence-corrected chi connectivity index (χ1v) is 9.74. The molecule has 0 radical (unpaired) electrons. The van der Waals surface area contributed by atoms with E-state index in [0.717, 1.165) is 12.1 Å². The molecule has 1 aliphatic heterocycles. The van der Waals surface area contributed by atoms with E-state index < -0.39 is 33.7 Å². The number of carbonyl (C=O) groups excluding carboxylic acids is 1. The topological polar surface area (TPSA) is 86.7 Å². The van der Waals surface area contributed by atoms with E-state index in [9.17, 15) is 27.1 Å². The van der Waals surface area contributed by atoms with Crippen molar-refractivity contribution in [1.82, 2.24) is 9.62 Å². The SMILES string of the molecule is CCS(=O)(=O)N1CCC[C@H](C(=O)NC[C@@H](O)c2ccc(F)c(F)c2)C1. The number of carbonyl (C=O) groups is 1. The molecule has 1 aromatic rings. The second-order valence-corrected chi connectivity index (χ2v) is 8.29. The molecule has 1 aliphatic rings. The molecule has 2 atom stereocenters. The Morgan fingerprint density at radius 2 is 2.12 bits per heavy atom. The first-order valence-electron chi connectivity index (χ1n) is 8.13. The Kier molecular flexibility index (Phi) is 6.47. The van der Waals surface area contributed by atoms with E-state index in [1.54, 1.807) is 6.92 Å². The van der Waals surface area contributed by atoms with Crippen molar-refractivity contribution in [1.29, 1.82) is 0 Å². The van der Waals surface area contributed by atoms with Gasteiger partial charge < -0.3 is 10.4 Å². The quantitative estimate of drug-likeness (QED) is 0.781. The molecule has 1 amide bonds. The van der Waals surface area contributed by atoms with Crippen molar-refractivity contribution in [2.24, 2.45) is 5.92 Å². The van der Waals surface area contributed by atoms with Crippen molar-refractivity contribution in [2.75, 3.05) is 25.4 Å². The summed E-state index contributed by atoms with van der Waals surface area (Å²) in [5.74, 6) is -2.96. The Labute approximate surface area is 145 Å². The van der Waals surface area contributed by atoms with Gasteiger partial charge >= 0.3 is 0 Å². The number of nitrogens with one attached hydrogen (secondary N) is 1. The summed E-state index contributed by atoms with van der Waals surface area (Å²) in [6.45, 7) is 1.90. The minimum Gasteiger partial charge on any atom is -0.387 e. The largest absolute Gasteiger partial charge is 0.387 e. The molecule has 1 saturated heterocycles. The molecule has 1 aromatic carbocycles. The minimum atomic E-state index is -3.34. The molecule has 0 bridgehead atoms. The maximum absolute atomic E-state index is 13.2. The third kappa shape index (κ3) is 4.96. The number of piperidine rings is 1. The molecule has 0 aliphatic carbocycles. The maximum atomic E-state index is 13.2. The second kappa shape index (κ2) is 8.20. The summed E-state index contributed by atoms with van der Waals surface area (Å²) >= 11 is 0. The van der Waals surface area contributed by atoms with Gasteiger partial charge in [-0.3, -0.25) is 4.79 Å². The molecule has 0 unspecified atom stereocenters. The predicted octanol–water partition coefficient (Wildman–Crippen LogP) is 1.18. The fraction of sp³-hybridized carbons (Fsp3) is 0.562. The molecule has 2 rings (SSSR count). The van der Waals surface area contributed by atoms with Gasteiger partial charge in [0.2, 0.25) is 15.9 Å². The van der Waals surface area contributed by atoms with Crippen LogP contribution in [0, 0.1) is 17.6 Å². The Balaban J connectivity index is 1.92. The summed E-state index contributed by atoms with van der Waals surface area (Å²) in [5, 5.41) is 12.5. The van der Waals surface area contributed by atoms with E-state index in [1.165, 1.54) is 10.4 Å². The first-order chi connectivity index (χ1) is 11.7. The summed E-state index contributed by atoms with van der Waals surface area (Å²) < 4.78 is 51.2. The highest BCUT2D eigenvalue weighted by Gasteiger charge is 2.31. The highest BCUT2D eigenvalue weighted by Crippen LogP contribution is 2.20. The van der Waals surface area contributed by atoms with Crippen molar-refractivity contribution in [3.8, 4) is 0 Å². The Hall–Kier alpha value is -1.58. The average molecular weight is 376 g/mol. The molecule has 25 heavy (non-hydrogen) atoms. The monoisotopic (exact) mass is 376 g/mol. The van der Waals surface area contributed by atoms with Crippen LogP contribution in [0.1, 0.15) is 31.4 Å². The van der Waals surface area contributed by atoms with E-state index in [0.29, 0.717) is 19.4 Å². The molecular weight excluding hydrogens is 354 g/mol. The molecule has 0 aromatic heterocycles. The summed E-state index contributed by atoms with van der Waals surface area (Å²) in [6.07, 6.45) is -0.0376. The maximum Gasteiger partial charge on any atom is 0.224 e. The van der Waals surface area contributed by atoms with E-state index in [-0.39, 0.29) is 30.3 Å². The summed E-state index contributed by atoms with van der Waals surface area (Å²) in [6, 6.07) is 3.03. The molecule has 140 valence electrons. The van der Waals surface area contributed by atoms with Crippen molar-refractivity contribution in [2.45, 2.75) is 25.9 Å². The van der Waals surface area contributed by atoms with E-state index >= 15 is 0 Å². The van der Waals surface area contributed by atoms with E-state index in [1.807, 2.05) is 0 Å². The normalized spacial score (nSPS) is 20.2. The third-order valence-electron chi connectivity index (χ3n) is 4.31. The molecule has 9 heteroatoms. The molecule has 2 N–H and O–H groups in total. The van der Waals surface area contributed by atoms with Crippen molar-refractivity contribution >= 4 is 15.9 Å². The lowest BCUT2D eigenvalue weighted by molar-refractivity contribution is -0.126. The molecule has 1 heterocycles. The van der Waals surface area contributed by atoms with Crippen LogP contribution < -0.4 is 5.32 Å². The fourth-order valence-corrected chi connectivity index (χ4v) is 3.95. The standard InChI is InChI=1S/C16H22F2N2O4S/c1-2-25(23,24)20-7-3-4-12(10-20)16(22)19-9-15(21)11-5-6-13(17)14(18)8-11/h5-6,8,12,15,21H,2-4,7,9-10H2,1H3,(H,19,22)/t12-,15+/m0/s1. The van der Waals surface area contributed by atoms with Crippen LogP contribution in [-0.2, 0) is 14.8 Å². The molecule has 0 saturated carbocycles. The van der Waals surface area contributed by atoms with Gasteiger partial charge in [0.05, 0.1) is 17.8 Å². The summed E-state index contributed by atoms with van der Waals surface area (Å²) in [4.78, 5) is 12.2. The second-order valence-electron chi connectivity index (χ2n) is 6.03. The van der Waals surface area contributed by atoms with Crippen LogP contribution in [0.3, 0.4) is 0 Å². The van der Waals surface area contributed by atoms with Crippen molar-refractivity contribution in [3.63, 3.8) is 0 Å². The minimum absolute atomic E-state index is 0.0177. The van der Waals surface area contributed by atoms with Gasteiger partial charge in [0.1, 0.15) is 0 Å². The number of sulfonamides is 1. The van der Waals surface area contributed by atoms with Crippen molar-refractivity contribution < 1.29 is 27.1 Å². The van der Waals surface area contributed by atoms with Gasteiger partial charge in [-0.25, -0.2) is 21.5 Å². The van der Waals surface area contributed by atoms with Gasteiger partial charge in [-0.2, -0.15) is 0 Å². The Morgan fingerprint density at radius 1 is 1.40 bits per heavy atom. The highest BCUT2D eigenvalue weighted by atomic mass is 32.2. The molecule has 1 fully saturated rings. The van der Waals surface area contributed by atoms with Crippen LogP contribution in [0.2, 0.25) is 0 Å². The summed E-state index contributed by atoms with van der Waals surface area (Å²) in [7, 11) is -3.34. The lowest BCUT2D eigenvalue weighted by Gasteiger charge is -2.31. The van der Waals surface area contributed by atoms with Crippen molar-refractivity contribution in [3.05, 3.63) is 35.4 Å². The lowest BCUT2D eigenvalue weighted by Crippen LogP contribution is -2.46. The van der Waals surface area contributed by atoms with Gasteiger partial charge in [-0.05, 0) is 37.5 Å². The van der Waals surface area contributed by atoms with Crippen LogP contribution in [0.25, 0.3) is 0 Å². The van der Waals surface area contributed by atoms with E-state index in [4.69, 9.17) is 0 Å². The van der Waals surface area contributed by atoms with Crippen LogP contribution in [-0.4, -0.2) is 49.1 Å². The number of benzene rings is 1. The number of nitrogens with zero attached hydrogens (tertiary/aromatic N) is 1. The Morgan fingerprint density at radius 3 is 2.76 bits per heavy atom. The Bertz CT molecular complexity index is 727. The number of aliphatic hydroxyl groups is 1. The van der Waals surface area contributed by atoms with Gasteiger partial charge in [-0.1, -0.05) is 6.07 Å². The zero-order valence-corrected chi connectivity index (χ0v) is 14.7. The van der Waals surface area contributed by atoms with Gasteiger partial charge in [0, 0.05) is 19.6 Å². The average Bonchev–Trinajstić information content (AvgIpc) is 2.61. The van der Waals surface area contributed by atoms with Crippen LogP contribution in [0.5, 0.6) is 0 Å². The van der Waals surface area contributed by atoms with Crippen LogP contribution in [0.15, 0.2) is 18.2 Å².